The highest BCUT2D eigenvalue weighted by Crippen LogP contribution is 2.26. The molecule has 1 aliphatic rings. The fourth-order valence-electron chi connectivity index (χ4n) is 2.41. The summed E-state index contributed by atoms with van der Waals surface area (Å²) in [7, 11) is 0. The molecule has 2 heterocycles. The van der Waals surface area contributed by atoms with Gasteiger partial charge in [0.1, 0.15) is 5.76 Å². The van der Waals surface area contributed by atoms with Crippen molar-refractivity contribution in [2.45, 2.75) is 6.54 Å². The maximum absolute atomic E-state index is 12.0. The van der Waals surface area contributed by atoms with Gasteiger partial charge in [-0.05, 0) is 24.3 Å². The normalized spacial score (nSPS) is 14.6. The first-order chi connectivity index (χ1) is 10.8. The molecule has 6 nitrogen and oxygen atoms in total. The molecule has 0 spiro atoms. The molecule has 2 N–H and O–H groups in total. The third-order valence-corrected chi connectivity index (χ3v) is 3.51. The Morgan fingerprint density at radius 2 is 1.95 bits per heavy atom. The van der Waals surface area contributed by atoms with Crippen LogP contribution in [0, 0.1) is 0 Å². The van der Waals surface area contributed by atoms with E-state index in [0.717, 1.165) is 30.2 Å². The first kappa shape index (κ1) is 14.5. The van der Waals surface area contributed by atoms with Gasteiger partial charge in [0.2, 0.25) is 0 Å². The predicted molar refractivity (Wildman–Crippen MR) is 84.0 cm³/mol. The number of amides is 2. The van der Waals surface area contributed by atoms with Crippen LogP contribution < -0.4 is 15.5 Å². The molecule has 2 amide bonds. The first-order valence-electron chi connectivity index (χ1n) is 7.32. The number of hydrogen-bond acceptors (Lipinski definition) is 4. The molecule has 1 aromatic heterocycles. The number of para-hydroxylation sites is 2. The van der Waals surface area contributed by atoms with Crippen LogP contribution in [0.3, 0.4) is 0 Å². The summed E-state index contributed by atoms with van der Waals surface area (Å²) in [6.07, 6.45) is 1.59. The zero-order valence-electron chi connectivity index (χ0n) is 12.2. The highest BCUT2D eigenvalue weighted by Gasteiger charge is 2.15. The van der Waals surface area contributed by atoms with Crippen LogP contribution in [-0.4, -0.2) is 32.3 Å². The molecule has 0 atom stereocenters. The topological polar surface area (TPSA) is 66.7 Å². The second kappa shape index (κ2) is 7.00. The number of ether oxygens (including phenoxy) is 1. The third kappa shape index (κ3) is 3.59. The van der Waals surface area contributed by atoms with E-state index >= 15 is 0 Å². The van der Waals surface area contributed by atoms with Crippen LogP contribution in [0.1, 0.15) is 5.76 Å². The molecular weight excluding hydrogens is 282 g/mol. The van der Waals surface area contributed by atoms with Crippen LogP contribution in [0.25, 0.3) is 0 Å². The van der Waals surface area contributed by atoms with Gasteiger partial charge in [-0.3, -0.25) is 0 Å². The molecule has 1 aromatic carbocycles. The Hall–Kier alpha value is -2.47. The van der Waals surface area contributed by atoms with Crippen LogP contribution in [0.4, 0.5) is 16.2 Å². The quantitative estimate of drug-likeness (QED) is 0.910. The van der Waals surface area contributed by atoms with Crippen molar-refractivity contribution in [3.8, 4) is 0 Å². The Labute approximate surface area is 129 Å². The summed E-state index contributed by atoms with van der Waals surface area (Å²) >= 11 is 0. The molecule has 0 saturated carbocycles. The zero-order chi connectivity index (χ0) is 15.2. The van der Waals surface area contributed by atoms with E-state index in [1.807, 2.05) is 30.3 Å². The lowest BCUT2D eigenvalue weighted by Crippen LogP contribution is -2.37. The van der Waals surface area contributed by atoms with Crippen LogP contribution in [0.2, 0.25) is 0 Å². The summed E-state index contributed by atoms with van der Waals surface area (Å²) in [5.41, 5.74) is 1.81. The SMILES string of the molecule is O=C(NCc1ccco1)Nc1ccccc1N1CCOCC1. The minimum absolute atomic E-state index is 0.253. The number of urea groups is 1. The maximum atomic E-state index is 12.0. The van der Waals surface area contributed by atoms with Crippen molar-refractivity contribution in [2.24, 2.45) is 0 Å². The van der Waals surface area contributed by atoms with E-state index < -0.39 is 0 Å². The molecule has 0 unspecified atom stereocenters. The lowest BCUT2D eigenvalue weighted by atomic mass is 10.2. The number of morpholine rings is 1. The molecule has 1 fully saturated rings. The minimum atomic E-state index is -0.253. The number of carbonyl (C=O) groups is 1. The number of carbonyl (C=O) groups excluding carboxylic acids is 1. The van der Waals surface area contributed by atoms with Gasteiger partial charge in [-0.15, -0.1) is 0 Å². The Balaban J connectivity index is 1.62. The van der Waals surface area contributed by atoms with Crippen molar-refractivity contribution in [2.75, 3.05) is 36.5 Å². The van der Waals surface area contributed by atoms with E-state index in [0.29, 0.717) is 19.8 Å². The van der Waals surface area contributed by atoms with Crippen molar-refractivity contribution < 1.29 is 13.9 Å². The number of nitrogens with one attached hydrogen (secondary N) is 2. The third-order valence-electron chi connectivity index (χ3n) is 3.51. The van der Waals surface area contributed by atoms with Crippen LogP contribution in [0.5, 0.6) is 0 Å². The molecule has 0 bridgehead atoms. The summed E-state index contributed by atoms with van der Waals surface area (Å²) in [4.78, 5) is 14.2. The first-order valence-corrected chi connectivity index (χ1v) is 7.32. The second-order valence-electron chi connectivity index (χ2n) is 5.00. The minimum Gasteiger partial charge on any atom is -0.467 e. The summed E-state index contributed by atoms with van der Waals surface area (Å²) < 4.78 is 10.6. The monoisotopic (exact) mass is 301 g/mol. The fraction of sp³-hybridized carbons (Fsp3) is 0.312. The summed E-state index contributed by atoms with van der Waals surface area (Å²) in [5, 5.41) is 5.67. The molecule has 0 radical (unpaired) electrons. The highest BCUT2D eigenvalue weighted by molar-refractivity contribution is 5.93. The van der Waals surface area contributed by atoms with Gasteiger partial charge in [0, 0.05) is 13.1 Å². The van der Waals surface area contributed by atoms with E-state index in [1.165, 1.54) is 0 Å². The lowest BCUT2D eigenvalue weighted by molar-refractivity contribution is 0.123. The summed E-state index contributed by atoms with van der Waals surface area (Å²) in [6, 6.07) is 11.1. The van der Waals surface area contributed by atoms with Gasteiger partial charge in [0.25, 0.3) is 0 Å². The van der Waals surface area contributed by atoms with E-state index in [9.17, 15) is 4.79 Å². The van der Waals surface area contributed by atoms with Crippen molar-refractivity contribution in [3.63, 3.8) is 0 Å². The van der Waals surface area contributed by atoms with Gasteiger partial charge in [-0.25, -0.2) is 4.79 Å². The van der Waals surface area contributed by atoms with Crippen LogP contribution in [-0.2, 0) is 11.3 Å². The predicted octanol–water partition coefficient (Wildman–Crippen LogP) is 2.44. The van der Waals surface area contributed by atoms with Gasteiger partial charge in [-0.1, -0.05) is 12.1 Å². The smallest absolute Gasteiger partial charge is 0.319 e. The second-order valence-corrected chi connectivity index (χ2v) is 5.00. The van der Waals surface area contributed by atoms with Gasteiger partial charge in [0.15, 0.2) is 0 Å². The molecule has 0 aliphatic carbocycles. The number of benzene rings is 1. The van der Waals surface area contributed by atoms with E-state index in [-0.39, 0.29) is 6.03 Å². The van der Waals surface area contributed by atoms with Crippen molar-refractivity contribution in [3.05, 3.63) is 48.4 Å². The van der Waals surface area contributed by atoms with Crippen LogP contribution >= 0.6 is 0 Å². The highest BCUT2D eigenvalue weighted by atomic mass is 16.5. The number of rotatable bonds is 4. The van der Waals surface area contributed by atoms with Gasteiger partial charge in [0.05, 0.1) is 37.4 Å². The number of nitrogens with zero attached hydrogens (tertiary/aromatic N) is 1. The van der Waals surface area contributed by atoms with Gasteiger partial charge >= 0.3 is 6.03 Å². The average molecular weight is 301 g/mol. The molecule has 1 aliphatic heterocycles. The Kier molecular flexibility index (Phi) is 4.60. The van der Waals surface area contributed by atoms with Crippen molar-refractivity contribution in [1.29, 1.82) is 0 Å². The van der Waals surface area contributed by atoms with E-state index in [1.54, 1.807) is 12.3 Å². The zero-order valence-corrected chi connectivity index (χ0v) is 12.2. The number of hydrogen-bond donors (Lipinski definition) is 2. The standard InChI is InChI=1S/C16H19N3O3/c20-16(17-12-13-4-3-9-22-13)18-14-5-1-2-6-15(14)19-7-10-21-11-8-19/h1-6,9H,7-8,10-12H2,(H2,17,18,20). The lowest BCUT2D eigenvalue weighted by Gasteiger charge is -2.30. The Bertz CT molecular complexity index is 607. The van der Waals surface area contributed by atoms with E-state index in [4.69, 9.17) is 9.15 Å². The van der Waals surface area contributed by atoms with Crippen molar-refractivity contribution in [1.82, 2.24) is 5.32 Å². The summed E-state index contributed by atoms with van der Waals surface area (Å²) in [6.45, 7) is 3.43. The number of furan rings is 1. The van der Waals surface area contributed by atoms with E-state index in [2.05, 4.69) is 15.5 Å². The summed E-state index contributed by atoms with van der Waals surface area (Å²) in [5.74, 6) is 0.719. The molecular formula is C16H19N3O3. The number of anilines is 2. The molecule has 116 valence electrons. The molecule has 1 saturated heterocycles. The van der Waals surface area contributed by atoms with Crippen molar-refractivity contribution >= 4 is 17.4 Å². The largest absolute Gasteiger partial charge is 0.467 e. The fourth-order valence-corrected chi connectivity index (χ4v) is 2.41. The molecule has 3 rings (SSSR count). The Morgan fingerprint density at radius 3 is 2.73 bits per heavy atom. The Morgan fingerprint density at radius 1 is 1.14 bits per heavy atom. The maximum Gasteiger partial charge on any atom is 0.319 e. The van der Waals surface area contributed by atoms with Gasteiger partial charge in [-0.2, -0.15) is 0 Å². The van der Waals surface area contributed by atoms with Gasteiger partial charge < -0.3 is 24.7 Å². The molecule has 6 heteroatoms. The van der Waals surface area contributed by atoms with Crippen LogP contribution in [0.15, 0.2) is 47.1 Å². The molecule has 22 heavy (non-hydrogen) atoms. The average Bonchev–Trinajstić information content (AvgIpc) is 3.08. The molecule has 2 aromatic rings.